The minimum atomic E-state index is -0.707. The first-order valence-corrected chi connectivity index (χ1v) is 8.67. The zero-order valence-electron chi connectivity index (χ0n) is 13.4. The van der Waals surface area contributed by atoms with Gasteiger partial charge in [-0.25, -0.2) is 4.79 Å². The molecule has 2 aromatic rings. The number of amides is 2. The van der Waals surface area contributed by atoms with E-state index in [1.807, 2.05) is 0 Å². The number of nitrogens with one attached hydrogen (secondary N) is 2. The number of benzene rings is 1. The van der Waals surface area contributed by atoms with Crippen LogP contribution in [0, 0.1) is 0 Å². The van der Waals surface area contributed by atoms with Gasteiger partial charge in [-0.2, -0.15) is 0 Å². The van der Waals surface area contributed by atoms with Gasteiger partial charge in [0.25, 0.3) is 0 Å². The number of carbonyl (C=O) groups is 1. The maximum Gasteiger partial charge on any atom is 0.320 e. The Bertz CT molecular complexity index is 724. The molecule has 1 unspecified atom stereocenters. The molecule has 1 saturated heterocycles. The lowest BCUT2D eigenvalue weighted by atomic mass is 10.2. The molecule has 0 aliphatic carbocycles. The molecule has 2 amide bonds. The average Bonchev–Trinajstić information content (AvgIpc) is 2.65. The van der Waals surface area contributed by atoms with E-state index in [2.05, 4.69) is 15.6 Å². The number of pyridine rings is 1. The Morgan fingerprint density at radius 1 is 1.24 bits per heavy atom. The molecule has 1 atom stereocenters. The van der Waals surface area contributed by atoms with Gasteiger partial charge >= 0.3 is 6.03 Å². The number of carbonyl (C=O) groups excluding carboxylic acids is 1. The number of ether oxygens (including phenoxy) is 1. The Hall–Kier alpha value is -2.02. The van der Waals surface area contributed by atoms with Gasteiger partial charge in [-0.3, -0.25) is 10.3 Å². The van der Waals surface area contributed by atoms with E-state index in [1.54, 1.807) is 47.6 Å². The minimum absolute atomic E-state index is 0.193. The van der Waals surface area contributed by atoms with Crippen LogP contribution < -0.4 is 15.4 Å². The van der Waals surface area contributed by atoms with E-state index in [1.165, 1.54) is 0 Å². The second kappa shape index (κ2) is 8.38. The SMILES string of the molecule is O=C(NC(Oc1cccnc1)c1ccc(Cl)c(Cl)c1)N1CCNCC1. The Labute approximate surface area is 156 Å². The maximum atomic E-state index is 12.6. The van der Waals surface area contributed by atoms with Crippen LogP contribution in [0.15, 0.2) is 42.7 Å². The summed E-state index contributed by atoms with van der Waals surface area (Å²) in [5.74, 6) is 0.541. The zero-order chi connectivity index (χ0) is 17.6. The number of urea groups is 1. The van der Waals surface area contributed by atoms with Crippen LogP contribution in [-0.2, 0) is 0 Å². The van der Waals surface area contributed by atoms with E-state index in [0.717, 1.165) is 13.1 Å². The predicted octanol–water partition coefficient (Wildman–Crippen LogP) is 3.08. The highest BCUT2D eigenvalue weighted by Gasteiger charge is 2.22. The minimum Gasteiger partial charge on any atom is -0.465 e. The molecular formula is C17H18Cl2N4O2. The third kappa shape index (κ3) is 4.75. The van der Waals surface area contributed by atoms with E-state index in [-0.39, 0.29) is 6.03 Å². The third-order valence-corrected chi connectivity index (χ3v) is 4.53. The van der Waals surface area contributed by atoms with Gasteiger partial charge in [0.1, 0.15) is 5.75 Å². The first-order valence-electron chi connectivity index (χ1n) is 7.91. The molecule has 1 fully saturated rings. The molecule has 6 nitrogen and oxygen atoms in total. The summed E-state index contributed by atoms with van der Waals surface area (Å²) in [6, 6.07) is 8.47. The highest BCUT2D eigenvalue weighted by Crippen LogP contribution is 2.27. The normalized spacial score (nSPS) is 15.5. The van der Waals surface area contributed by atoms with Crippen molar-refractivity contribution in [3.05, 3.63) is 58.3 Å². The van der Waals surface area contributed by atoms with Crippen LogP contribution >= 0.6 is 23.2 Å². The quantitative estimate of drug-likeness (QED) is 0.799. The van der Waals surface area contributed by atoms with Gasteiger partial charge < -0.3 is 15.0 Å². The first-order chi connectivity index (χ1) is 12.1. The number of rotatable bonds is 4. The third-order valence-electron chi connectivity index (χ3n) is 3.79. The summed E-state index contributed by atoms with van der Waals surface area (Å²) in [4.78, 5) is 18.3. The fraction of sp³-hybridized carbons (Fsp3) is 0.294. The van der Waals surface area contributed by atoms with Crippen molar-refractivity contribution in [3.8, 4) is 5.75 Å². The second-order valence-corrected chi connectivity index (χ2v) is 6.36. The van der Waals surface area contributed by atoms with E-state index in [9.17, 15) is 4.79 Å². The number of piperazine rings is 1. The Balaban J connectivity index is 1.80. The maximum absolute atomic E-state index is 12.6. The van der Waals surface area contributed by atoms with Crippen molar-refractivity contribution in [3.63, 3.8) is 0 Å². The number of aromatic nitrogens is 1. The number of nitrogens with zero attached hydrogens (tertiary/aromatic N) is 2. The summed E-state index contributed by atoms with van der Waals surface area (Å²) in [5.41, 5.74) is 0.696. The zero-order valence-corrected chi connectivity index (χ0v) is 14.9. The molecule has 1 aromatic carbocycles. The van der Waals surface area contributed by atoms with Crippen LogP contribution in [0.1, 0.15) is 11.8 Å². The molecule has 25 heavy (non-hydrogen) atoms. The van der Waals surface area contributed by atoms with Crippen molar-refractivity contribution in [2.45, 2.75) is 6.23 Å². The lowest BCUT2D eigenvalue weighted by Gasteiger charge is -2.30. The van der Waals surface area contributed by atoms with Gasteiger partial charge in [0.05, 0.1) is 16.2 Å². The number of hydrogen-bond acceptors (Lipinski definition) is 4. The monoisotopic (exact) mass is 380 g/mol. The van der Waals surface area contributed by atoms with Crippen molar-refractivity contribution in [1.29, 1.82) is 0 Å². The highest BCUT2D eigenvalue weighted by atomic mass is 35.5. The second-order valence-electron chi connectivity index (χ2n) is 5.55. The average molecular weight is 381 g/mol. The molecule has 3 rings (SSSR count). The molecule has 0 spiro atoms. The van der Waals surface area contributed by atoms with Crippen molar-refractivity contribution < 1.29 is 9.53 Å². The van der Waals surface area contributed by atoms with Crippen LogP contribution in [0.3, 0.4) is 0 Å². The summed E-state index contributed by atoms with van der Waals surface area (Å²) in [5, 5.41) is 6.96. The fourth-order valence-corrected chi connectivity index (χ4v) is 2.79. The smallest absolute Gasteiger partial charge is 0.320 e. The van der Waals surface area contributed by atoms with Crippen molar-refractivity contribution in [2.24, 2.45) is 0 Å². The summed E-state index contributed by atoms with van der Waals surface area (Å²) >= 11 is 12.1. The summed E-state index contributed by atoms with van der Waals surface area (Å²) in [6.07, 6.45) is 2.53. The fourth-order valence-electron chi connectivity index (χ4n) is 2.48. The molecular weight excluding hydrogens is 363 g/mol. The molecule has 1 aliphatic heterocycles. The summed E-state index contributed by atoms with van der Waals surface area (Å²) in [6.45, 7) is 2.84. The van der Waals surface area contributed by atoms with Gasteiger partial charge in [-0.1, -0.05) is 29.3 Å². The molecule has 1 aliphatic rings. The van der Waals surface area contributed by atoms with E-state index in [4.69, 9.17) is 27.9 Å². The molecule has 0 bridgehead atoms. The van der Waals surface area contributed by atoms with Crippen LogP contribution in [0.5, 0.6) is 5.75 Å². The van der Waals surface area contributed by atoms with Gasteiger partial charge in [0, 0.05) is 37.9 Å². The molecule has 1 aromatic heterocycles. The van der Waals surface area contributed by atoms with Gasteiger partial charge in [0.15, 0.2) is 6.23 Å². The van der Waals surface area contributed by atoms with Gasteiger partial charge in [-0.15, -0.1) is 0 Å². The molecule has 0 saturated carbocycles. The van der Waals surface area contributed by atoms with E-state index >= 15 is 0 Å². The van der Waals surface area contributed by atoms with Crippen LogP contribution in [-0.4, -0.2) is 42.1 Å². The summed E-state index contributed by atoms with van der Waals surface area (Å²) < 4.78 is 5.92. The Morgan fingerprint density at radius 2 is 2.04 bits per heavy atom. The van der Waals surface area contributed by atoms with Crippen molar-refractivity contribution in [1.82, 2.24) is 20.5 Å². The molecule has 2 heterocycles. The Kier molecular flexibility index (Phi) is 5.96. The lowest BCUT2D eigenvalue weighted by Crippen LogP contribution is -2.51. The van der Waals surface area contributed by atoms with Crippen molar-refractivity contribution in [2.75, 3.05) is 26.2 Å². The van der Waals surface area contributed by atoms with E-state index in [0.29, 0.717) is 34.4 Å². The van der Waals surface area contributed by atoms with Crippen LogP contribution in [0.4, 0.5) is 4.79 Å². The highest BCUT2D eigenvalue weighted by molar-refractivity contribution is 6.42. The Morgan fingerprint density at radius 3 is 2.72 bits per heavy atom. The summed E-state index contributed by atoms with van der Waals surface area (Å²) in [7, 11) is 0. The lowest BCUT2D eigenvalue weighted by molar-refractivity contribution is 0.140. The molecule has 8 heteroatoms. The van der Waals surface area contributed by atoms with Crippen molar-refractivity contribution >= 4 is 29.2 Å². The van der Waals surface area contributed by atoms with E-state index < -0.39 is 6.23 Å². The van der Waals surface area contributed by atoms with Crippen LogP contribution in [0.25, 0.3) is 0 Å². The predicted molar refractivity (Wildman–Crippen MR) is 97.0 cm³/mol. The molecule has 0 radical (unpaired) electrons. The largest absolute Gasteiger partial charge is 0.465 e. The van der Waals surface area contributed by atoms with Gasteiger partial charge in [0.2, 0.25) is 0 Å². The standard InChI is InChI=1S/C17H18Cl2N4O2/c18-14-4-3-12(10-15(14)19)16(25-13-2-1-5-21-11-13)22-17(24)23-8-6-20-7-9-23/h1-5,10-11,16,20H,6-9H2,(H,22,24). The molecule has 132 valence electrons. The number of halogens is 2. The van der Waals surface area contributed by atoms with Crippen LogP contribution in [0.2, 0.25) is 10.0 Å². The molecule has 2 N–H and O–H groups in total. The first kappa shape index (κ1) is 17.8. The van der Waals surface area contributed by atoms with Gasteiger partial charge in [-0.05, 0) is 24.3 Å². The number of hydrogen-bond donors (Lipinski definition) is 2. The topological polar surface area (TPSA) is 66.5 Å².